The number of nitrogens with zero attached hydrogens (tertiary/aromatic N) is 2. The van der Waals surface area contributed by atoms with Crippen molar-refractivity contribution in [1.82, 2.24) is 14.9 Å². The lowest BCUT2D eigenvalue weighted by Crippen LogP contribution is -2.20. The van der Waals surface area contributed by atoms with Crippen LogP contribution in [-0.2, 0) is 7.05 Å². The van der Waals surface area contributed by atoms with E-state index < -0.39 is 0 Å². The zero-order chi connectivity index (χ0) is 13.3. The molecule has 5 heteroatoms. The summed E-state index contributed by atoms with van der Waals surface area (Å²) in [6.45, 7) is 1.98. The lowest BCUT2D eigenvalue weighted by atomic mass is 10.0. The van der Waals surface area contributed by atoms with Crippen LogP contribution in [0.5, 0.6) is 0 Å². The fourth-order valence-electron chi connectivity index (χ4n) is 1.97. The van der Waals surface area contributed by atoms with E-state index in [9.17, 15) is 0 Å². The maximum atomic E-state index is 6.07. The first-order valence-electron chi connectivity index (χ1n) is 5.65. The van der Waals surface area contributed by atoms with Crippen molar-refractivity contribution in [3.8, 4) is 0 Å². The molecule has 0 saturated carbocycles. The molecule has 0 fully saturated rings. The van der Waals surface area contributed by atoms with Gasteiger partial charge in [0.15, 0.2) is 0 Å². The lowest BCUT2D eigenvalue weighted by Gasteiger charge is -2.18. The Morgan fingerprint density at radius 3 is 2.50 bits per heavy atom. The summed E-state index contributed by atoms with van der Waals surface area (Å²) < 4.78 is 2.06. The fraction of sp³-hybridized carbons (Fsp3) is 0.308. The van der Waals surface area contributed by atoms with E-state index in [-0.39, 0.29) is 6.04 Å². The van der Waals surface area contributed by atoms with Crippen LogP contribution in [0.25, 0.3) is 0 Å². The van der Waals surface area contributed by atoms with Crippen molar-refractivity contribution in [3.05, 3.63) is 51.5 Å². The molecule has 18 heavy (non-hydrogen) atoms. The number of benzene rings is 1. The van der Waals surface area contributed by atoms with Crippen LogP contribution in [0.4, 0.5) is 0 Å². The Morgan fingerprint density at radius 1 is 1.28 bits per heavy atom. The quantitative estimate of drug-likeness (QED) is 0.936. The third-order valence-electron chi connectivity index (χ3n) is 3.12. The molecule has 0 bridgehead atoms. The molecule has 0 saturated heterocycles. The zero-order valence-corrected chi connectivity index (χ0v) is 12.0. The van der Waals surface area contributed by atoms with Gasteiger partial charge in [0.2, 0.25) is 0 Å². The summed E-state index contributed by atoms with van der Waals surface area (Å²) in [7, 11) is 3.91. The van der Waals surface area contributed by atoms with Crippen LogP contribution in [0.1, 0.15) is 23.1 Å². The van der Waals surface area contributed by atoms with Crippen LogP contribution >= 0.6 is 23.2 Å². The van der Waals surface area contributed by atoms with E-state index in [1.54, 1.807) is 0 Å². The van der Waals surface area contributed by atoms with Gasteiger partial charge < -0.3 is 9.88 Å². The SMILES string of the molecule is CNC(c1ccc(Cl)c(Cl)c1)c1cnc(C)n1C. The highest BCUT2D eigenvalue weighted by atomic mass is 35.5. The Morgan fingerprint density at radius 2 is 2.00 bits per heavy atom. The number of aryl methyl sites for hydroxylation is 1. The molecule has 1 aromatic heterocycles. The maximum Gasteiger partial charge on any atom is 0.105 e. The molecule has 1 aromatic carbocycles. The van der Waals surface area contributed by atoms with E-state index in [0.717, 1.165) is 17.1 Å². The summed E-state index contributed by atoms with van der Waals surface area (Å²) >= 11 is 12.0. The summed E-state index contributed by atoms with van der Waals surface area (Å²) in [6, 6.07) is 5.71. The number of imidazole rings is 1. The first-order valence-corrected chi connectivity index (χ1v) is 6.40. The molecule has 1 atom stereocenters. The number of nitrogens with one attached hydrogen (secondary N) is 1. The predicted molar refractivity (Wildman–Crippen MR) is 75.3 cm³/mol. The normalized spacial score (nSPS) is 12.7. The Hall–Kier alpha value is -1.03. The first-order chi connectivity index (χ1) is 8.54. The van der Waals surface area contributed by atoms with E-state index in [0.29, 0.717) is 10.0 Å². The molecule has 96 valence electrons. The summed E-state index contributed by atoms with van der Waals surface area (Å²) in [5, 5.41) is 4.40. The molecule has 2 rings (SSSR count). The van der Waals surface area contributed by atoms with Crippen LogP contribution in [0.3, 0.4) is 0 Å². The van der Waals surface area contributed by atoms with E-state index in [4.69, 9.17) is 23.2 Å². The molecule has 1 heterocycles. The highest BCUT2D eigenvalue weighted by molar-refractivity contribution is 6.42. The van der Waals surface area contributed by atoms with Gasteiger partial charge in [-0.3, -0.25) is 0 Å². The predicted octanol–water partition coefficient (Wildman–Crippen LogP) is 3.34. The van der Waals surface area contributed by atoms with Crippen molar-refractivity contribution in [3.63, 3.8) is 0 Å². The molecular formula is C13H15Cl2N3. The Labute approximate surface area is 117 Å². The number of hydrogen-bond acceptors (Lipinski definition) is 2. The standard InChI is InChI=1S/C13H15Cl2N3/c1-8-17-7-12(18(8)3)13(16-2)9-4-5-10(14)11(15)6-9/h4-7,13,16H,1-3H3. The smallest absolute Gasteiger partial charge is 0.105 e. The highest BCUT2D eigenvalue weighted by Gasteiger charge is 2.17. The topological polar surface area (TPSA) is 29.9 Å². The summed E-state index contributed by atoms with van der Waals surface area (Å²) in [4.78, 5) is 4.31. The van der Waals surface area contributed by atoms with Gasteiger partial charge in [0.25, 0.3) is 0 Å². The van der Waals surface area contributed by atoms with Crippen LogP contribution in [0.15, 0.2) is 24.4 Å². The van der Waals surface area contributed by atoms with E-state index >= 15 is 0 Å². The monoisotopic (exact) mass is 283 g/mol. The van der Waals surface area contributed by atoms with Gasteiger partial charge in [-0.05, 0) is 31.7 Å². The van der Waals surface area contributed by atoms with Crippen LogP contribution < -0.4 is 5.32 Å². The fourth-order valence-corrected chi connectivity index (χ4v) is 2.27. The van der Waals surface area contributed by atoms with Gasteiger partial charge in [-0.2, -0.15) is 0 Å². The van der Waals surface area contributed by atoms with Crippen molar-refractivity contribution in [2.75, 3.05) is 7.05 Å². The van der Waals surface area contributed by atoms with Gasteiger partial charge in [-0.15, -0.1) is 0 Å². The molecule has 1 unspecified atom stereocenters. The van der Waals surface area contributed by atoms with Crippen molar-refractivity contribution in [2.24, 2.45) is 7.05 Å². The van der Waals surface area contributed by atoms with E-state index in [2.05, 4.69) is 14.9 Å². The first kappa shape index (κ1) is 13.4. The van der Waals surface area contributed by atoms with Gasteiger partial charge in [-0.1, -0.05) is 29.3 Å². The second-order valence-electron chi connectivity index (χ2n) is 4.18. The van der Waals surface area contributed by atoms with Crippen molar-refractivity contribution < 1.29 is 0 Å². The molecule has 0 aliphatic rings. The number of rotatable bonds is 3. The summed E-state index contributed by atoms with van der Waals surface area (Å²) in [5.41, 5.74) is 2.16. The van der Waals surface area contributed by atoms with Crippen molar-refractivity contribution >= 4 is 23.2 Å². The second kappa shape index (κ2) is 5.31. The van der Waals surface area contributed by atoms with Crippen LogP contribution in [-0.4, -0.2) is 16.6 Å². The molecule has 0 radical (unpaired) electrons. The molecular weight excluding hydrogens is 269 g/mol. The minimum absolute atomic E-state index is 0.0472. The summed E-state index contributed by atoms with van der Waals surface area (Å²) in [5.74, 6) is 0.977. The maximum absolute atomic E-state index is 6.07. The largest absolute Gasteiger partial charge is 0.334 e. The average Bonchev–Trinajstić information content (AvgIpc) is 2.67. The average molecular weight is 284 g/mol. The molecule has 0 amide bonds. The minimum atomic E-state index is 0.0472. The van der Waals surface area contributed by atoms with Crippen molar-refractivity contribution in [1.29, 1.82) is 0 Å². The molecule has 1 N–H and O–H groups in total. The van der Waals surface area contributed by atoms with Crippen LogP contribution in [0.2, 0.25) is 10.0 Å². The highest BCUT2D eigenvalue weighted by Crippen LogP contribution is 2.28. The zero-order valence-electron chi connectivity index (χ0n) is 10.5. The van der Waals surface area contributed by atoms with Gasteiger partial charge >= 0.3 is 0 Å². The molecule has 0 spiro atoms. The third kappa shape index (κ3) is 2.39. The Bertz CT molecular complexity index is 563. The number of halogens is 2. The Balaban J connectivity index is 2.45. The third-order valence-corrected chi connectivity index (χ3v) is 3.86. The second-order valence-corrected chi connectivity index (χ2v) is 5.00. The number of aromatic nitrogens is 2. The van der Waals surface area contributed by atoms with Gasteiger partial charge in [0.05, 0.1) is 28.0 Å². The van der Waals surface area contributed by atoms with Crippen molar-refractivity contribution in [2.45, 2.75) is 13.0 Å². The van der Waals surface area contributed by atoms with Crippen LogP contribution in [0, 0.1) is 6.92 Å². The van der Waals surface area contributed by atoms with Gasteiger partial charge in [0.1, 0.15) is 5.82 Å². The minimum Gasteiger partial charge on any atom is -0.334 e. The van der Waals surface area contributed by atoms with Gasteiger partial charge in [0, 0.05) is 7.05 Å². The Kier molecular flexibility index (Phi) is 3.95. The van der Waals surface area contributed by atoms with E-state index in [1.165, 1.54) is 0 Å². The van der Waals surface area contributed by atoms with Gasteiger partial charge in [-0.25, -0.2) is 4.98 Å². The number of hydrogen-bond donors (Lipinski definition) is 1. The summed E-state index contributed by atoms with van der Waals surface area (Å²) in [6.07, 6.45) is 1.87. The lowest BCUT2D eigenvalue weighted by molar-refractivity contribution is 0.632. The molecule has 0 aliphatic heterocycles. The molecule has 2 aromatic rings. The molecule has 3 nitrogen and oxygen atoms in total. The van der Waals surface area contributed by atoms with E-state index in [1.807, 2.05) is 45.4 Å². The molecule has 0 aliphatic carbocycles.